The molecule has 2 heterocycles. The van der Waals surface area contributed by atoms with E-state index in [1.165, 1.54) is 11.8 Å². The summed E-state index contributed by atoms with van der Waals surface area (Å²) in [6.07, 6.45) is 1.60. The number of hydrogen-bond acceptors (Lipinski definition) is 6. The van der Waals surface area contributed by atoms with Gasteiger partial charge in [-0.05, 0) is 48.0 Å². The van der Waals surface area contributed by atoms with E-state index in [0.717, 1.165) is 11.3 Å². The van der Waals surface area contributed by atoms with Crippen LogP contribution in [-0.2, 0) is 10.5 Å². The molecule has 0 aliphatic rings. The number of halogens is 1. The van der Waals surface area contributed by atoms with E-state index in [-0.39, 0.29) is 5.91 Å². The molecule has 4 aromatic rings. The van der Waals surface area contributed by atoms with Crippen molar-refractivity contribution in [2.75, 3.05) is 20.3 Å². The van der Waals surface area contributed by atoms with Gasteiger partial charge in [-0.15, -0.1) is 10.2 Å². The first-order valence-electron chi connectivity index (χ1n) is 9.90. The number of nitrogens with one attached hydrogen (secondary N) is 1. The van der Waals surface area contributed by atoms with Crippen LogP contribution in [0.15, 0.2) is 76.5 Å². The molecule has 0 aliphatic heterocycles. The molecular weight excluding hydrogens is 448 g/mol. The summed E-state index contributed by atoms with van der Waals surface area (Å²) in [7, 11) is 1.60. The van der Waals surface area contributed by atoms with Crippen molar-refractivity contribution < 1.29 is 13.9 Å². The summed E-state index contributed by atoms with van der Waals surface area (Å²) < 4.78 is 12.4. The van der Waals surface area contributed by atoms with Crippen LogP contribution < -0.4 is 5.32 Å². The number of aromatic nitrogens is 3. The molecule has 0 bridgehead atoms. The Bertz CT molecular complexity index is 1180. The van der Waals surface area contributed by atoms with Crippen LogP contribution in [0.3, 0.4) is 0 Å². The van der Waals surface area contributed by atoms with Crippen molar-refractivity contribution in [3.63, 3.8) is 0 Å². The van der Waals surface area contributed by atoms with Crippen molar-refractivity contribution in [2.24, 2.45) is 0 Å². The molecule has 2 aromatic heterocycles. The Morgan fingerprint density at radius 2 is 2.00 bits per heavy atom. The van der Waals surface area contributed by atoms with Gasteiger partial charge in [-0.25, -0.2) is 0 Å². The number of ether oxygens (including phenoxy) is 1. The van der Waals surface area contributed by atoms with Crippen molar-refractivity contribution in [1.82, 2.24) is 20.1 Å². The highest BCUT2D eigenvalue weighted by Gasteiger charge is 2.18. The summed E-state index contributed by atoms with van der Waals surface area (Å²) in [5.41, 5.74) is 2.51. The Kier molecular flexibility index (Phi) is 7.26. The number of carbonyl (C=O) groups excluding carboxylic acids is 1. The summed E-state index contributed by atoms with van der Waals surface area (Å²) in [5.74, 6) is 1.75. The van der Waals surface area contributed by atoms with Crippen molar-refractivity contribution in [1.29, 1.82) is 0 Å². The van der Waals surface area contributed by atoms with Crippen LogP contribution in [0.4, 0.5) is 0 Å². The van der Waals surface area contributed by atoms with Gasteiger partial charge in [0.2, 0.25) is 5.82 Å². The van der Waals surface area contributed by atoms with E-state index in [9.17, 15) is 4.79 Å². The second-order valence-electron chi connectivity index (χ2n) is 6.83. The smallest absolute Gasteiger partial charge is 0.251 e. The van der Waals surface area contributed by atoms with E-state index in [1.807, 2.05) is 65.2 Å². The minimum atomic E-state index is -0.120. The molecule has 7 nitrogen and oxygen atoms in total. The molecule has 0 fully saturated rings. The molecule has 0 aliphatic carbocycles. The lowest BCUT2D eigenvalue weighted by molar-refractivity contribution is 0.0937. The molecule has 164 valence electrons. The number of thioether (sulfide) groups is 1. The Balaban J connectivity index is 1.52. The van der Waals surface area contributed by atoms with Gasteiger partial charge in [0.1, 0.15) is 0 Å². The molecule has 0 saturated heterocycles. The minimum absolute atomic E-state index is 0.120. The van der Waals surface area contributed by atoms with Crippen LogP contribution in [0.2, 0.25) is 5.02 Å². The Morgan fingerprint density at radius 1 is 1.16 bits per heavy atom. The fourth-order valence-corrected chi connectivity index (χ4v) is 4.14. The third-order valence-electron chi connectivity index (χ3n) is 4.62. The number of benzene rings is 2. The average molecular weight is 469 g/mol. The van der Waals surface area contributed by atoms with E-state index in [1.54, 1.807) is 13.4 Å². The largest absolute Gasteiger partial charge is 0.461 e. The predicted molar refractivity (Wildman–Crippen MR) is 124 cm³/mol. The van der Waals surface area contributed by atoms with Crippen molar-refractivity contribution >= 4 is 29.3 Å². The third-order valence-corrected chi connectivity index (χ3v) is 5.85. The minimum Gasteiger partial charge on any atom is -0.461 e. The van der Waals surface area contributed by atoms with Gasteiger partial charge in [0.25, 0.3) is 5.91 Å². The first-order chi connectivity index (χ1) is 15.7. The monoisotopic (exact) mass is 468 g/mol. The highest BCUT2D eigenvalue weighted by molar-refractivity contribution is 7.98. The first-order valence-corrected chi connectivity index (χ1v) is 11.3. The van der Waals surface area contributed by atoms with Crippen LogP contribution >= 0.6 is 23.4 Å². The van der Waals surface area contributed by atoms with Gasteiger partial charge in [0.15, 0.2) is 10.9 Å². The molecular formula is C23H21ClN4O3S. The van der Waals surface area contributed by atoms with Crippen molar-refractivity contribution in [2.45, 2.75) is 10.9 Å². The maximum Gasteiger partial charge on any atom is 0.251 e. The van der Waals surface area contributed by atoms with Crippen LogP contribution in [-0.4, -0.2) is 40.9 Å². The SMILES string of the molecule is COCCNC(=O)c1ccc(CSc2nnc(-c3ccco3)n2-c2cccc(Cl)c2)cc1. The highest BCUT2D eigenvalue weighted by Crippen LogP contribution is 2.30. The van der Waals surface area contributed by atoms with Crippen molar-refractivity contribution in [3.05, 3.63) is 83.1 Å². The van der Waals surface area contributed by atoms with Gasteiger partial charge >= 0.3 is 0 Å². The van der Waals surface area contributed by atoms with E-state index < -0.39 is 0 Å². The number of furan rings is 1. The van der Waals surface area contributed by atoms with Crippen molar-refractivity contribution in [3.8, 4) is 17.3 Å². The van der Waals surface area contributed by atoms with Gasteiger partial charge in [-0.1, -0.05) is 41.6 Å². The Labute approximate surface area is 194 Å². The highest BCUT2D eigenvalue weighted by atomic mass is 35.5. The molecule has 0 saturated carbocycles. The van der Waals surface area contributed by atoms with Gasteiger partial charge in [0, 0.05) is 30.0 Å². The normalized spacial score (nSPS) is 10.9. The fraction of sp³-hybridized carbons (Fsp3) is 0.174. The zero-order chi connectivity index (χ0) is 22.3. The molecule has 0 spiro atoms. The number of rotatable bonds is 9. The summed E-state index contributed by atoms with van der Waals surface area (Å²) in [6, 6.07) is 18.7. The summed E-state index contributed by atoms with van der Waals surface area (Å²) >= 11 is 7.76. The standard InChI is InChI=1S/C23H21ClN4O3S/c1-30-13-11-25-22(29)17-9-7-16(8-10-17)15-32-23-27-26-21(20-6-3-12-31-20)28(23)19-5-2-4-18(24)14-19/h2-10,12,14H,11,13,15H2,1H3,(H,25,29). The quantitative estimate of drug-likeness (QED) is 0.279. The molecule has 4 rings (SSSR count). The summed E-state index contributed by atoms with van der Waals surface area (Å²) in [4.78, 5) is 12.1. The van der Waals surface area contributed by atoms with Crippen LogP contribution in [0.25, 0.3) is 17.3 Å². The molecule has 32 heavy (non-hydrogen) atoms. The molecule has 2 aromatic carbocycles. The lowest BCUT2D eigenvalue weighted by Gasteiger charge is -2.10. The number of methoxy groups -OCH3 is 1. The maximum absolute atomic E-state index is 12.1. The summed E-state index contributed by atoms with van der Waals surface area (Å²) in [5, 5.41) is 12.9. The number of carbonyl (C=O) groups is 1. The molecule has 0 unspecified atom stereocenters. The van der Waals surface area contributed by atoms with Gasteiger partial charge in [-0.3, -0.25) is 9.36 Å². The van der Waals surface area contributed by atoms with E-state index >= 15 is 0 Å². The Hall–Kier alpha value is -3.07. The van der Waals surface area contributed by atoms with Gasteiger partial charge in [0.05, 0.1) is 18.6 Å². The molecule has 0 atom stereocenters. The molecule has 9 heteroatoms. The zero-order valence-corrected chi connectivity index (χ0v) is 18.9. The zero-order valence-electron chi connectivity index (χ0n) is 17.3. The summed E-state index contributed by atoms with van der Waals surface area (Å²) in [6.45, 7) is 0.956. The fourth-order valence-electron chi connectivity index (χ4n) is 3.05. The van der Waals surface area contributed by atoms with E-state index in [2.05, 4.69) is 15.5 Å². The van der Waals surface area contributed by atoms with Gasteiger partial charge < -0.3 is 14.5 Å². The first kappa shape index (κ1) is 22.1. The molecule has 0 radical (unpaired) electrons. The average Bonchev–Trinajstić information content (AvgIpc) is 3.48. The number of hydrogen-bond donors (Lipinski definition) is 1. The lowest BCUT2D eigenvalue weighted by atomic mass is 10.1. The second kappa shape index (κ2) is 10.5. The van der Waals surface area contributed by atoms with Crippen LogP contribution in [0, 0.1) is 0 Å². The third kappa shape index (κ3) is 5.21. The predicted octanol–water partition coefficient (Wildman–Crippen LogP) is 4.85. The van der Waals surface area contributed by atoms with Crippen LogP contribution in [0.1, 0.15) is 15.9 Å². The lowest BCUT2D eigenvalue weighted by Crippen LogP contribution is -2.26. The Morgan fingerprint density at radius 3 is 2.72 bits per heavy atom. The van der Waals surface area contributed by atoms with E-state index in [4.69, 9.17) is 20.8 Å². The van der Waals surface area contributed by atoms with Crippen LogP contribution in [0.5, 0.6) is 0 Å². The number of amides is 1. The van der Waals surface area contributed by atoms with Gasteiger partial charge in [-0.2, -0.15) is 0 Å². The van der Waals surface area contributed by atoms with E-state index in [0.29, 0.717) is 46.2 Å². The second-order valence-corrected chi connectivity index (χ2v) is 8.21. The maximum atomic E-state index is 12.1. The molecule has 1 N–H and O–H groups in total. The molecule has 1 amide bonds. The topological polar surface area (TPSA) is 82.2 Å². The number of nitrogens with zero attached hydrogens (tertiary/aromatic N) is 3.